The first-order chi connectivity index (χ1) is 13.8. The highest BCUT2D eigenvalue weighted by molar-refractivity contribution is 5.97. The van der Waals surface area contributed by atoms with E-state index in [0.717, 1.165) is 18.2 Å². The minimum atomic E-state index is -1.28. The van der Waals surface area contributed by atoms with Gasteiger partial charge in [-0.3, -0.25) is 14.4 Å². The fourth-order valence-electron chi connectivity index (χ4n) is 2.24. The molecule has 2 aromatic carbocycles. The lowest BCUT2D eigenvalue weighted by molar-refractivity contribution is -0.152. The molecule has 1 unspecified atom stereocenters. The van der Waals surface area contributed by atoms with Crippen molar-refractivity contribution in [2.45, 2.75) is 20.0 Å². The first-order valence-corrected chi connectivity index (χ1v) is 8.76. The SMILES string of the molecule is CCOc1ccc(C(=O)NCC(=O)OC(C)C(=O)Nc2cc(F)ccc2F)cc1. The Morgan fingerprint density at radius 3 is 2.41 bits per heavy atom. The van der Waals surface area contributed by atoms with Gasteiger partial charge in [-0.25, -0.2) is 8.78 Å². The van der Waals surface area contributed by atoms with Crippen LogP contribution in [0, 0.1) is 11.6 Å². The lowest BCUT2D eigenvalue weighted by Gasteiger charge is -2.14. The van der Waals surface area contributed by atoms with E-state index in [2.05, 4.69) is 10.6 Å². The van der Waals surface area contributed by atoms with Crippen molar-refractivity contribution in [2.24, 2.45) is 0 Å². The maximum absolute atomic E-state index is 13.6. The molecule has 0 aliphatic carbocycles. The Hall–Kier alpha value is -3.49. The average molecular weight is 406 g/mol. The standard InChI is InChI=1S/C20H20F2N2O5/c1-3-28-15-7-4-13(5-8-15)20(27)23-11-18(25)29-12(2)19(26)24-17-10-14(21)6-9-16(17)22/h4-10,12H,3,11H2,1-2H3,(H,23,27)(H,24,26). The van der Waals surface area contributed by atoms with Crippen LogP contribution >= 0.6 is 0 Å². The Bertz CT molecular complexity index is 887. The number of carbonyl (C=O) groups is 3. The average Bonchev–Trinajstić information content (AvgIpc) is 2.69. The van der Waals surface area contributed by atoms with E-state index < -0.39 is 42.1 Å². The third kappa shape index (κ3) is 6.56. The zero-order valence-corrected chi connectivity index (χ0v) is 15.8. The number of hydrogen-bond donors (Lipinski definition) is 2. The van der Waals surface area contributed by atoms with Gasteiger partial charge in [-0.15, -0.1) is 0 Å². The van der Waals surface area contributed by atoms with Gasteiger partial charge in [0.25, 0.3) is 11.8 Å². The summed E-state index contributed by atoms with van der Waals surface area (Å²) in [5.74, 6) is -3.18. The number of halogens is 2. The van der Waals surface area contributed by atoms with Crippen molar-refractivity contribution in [3.8, 4) is 5.75 Å². The maximum Gasteiger partial charge on any atom is 0.326 e. The molecule has 2 aromatic rings. The van der Waals surface area contributed by atoms with Crippen LogP contribution in [0.2, 0.25) is 0 Å². The van der Waals surface area contributed by atoms with Crippen LogP contribution in [0.3, 0.4) is 0 Å². The smallest absolute Gasteiger partial charge is 0.326 e. The molecule has 2 rings (SSSR count). The van der Waals surface area contributed by atoms with Gasteiger partial charge >= 0.3 is 5.97 Å². The van der Waals surface area contributed by atoms with Crippen molar-refractivity contribution >= 4 is 23.5 Å². The monoisotopic (exact) mass is 406 g/mol. The number of carbonyl (C=O) groups excluding carboxylic acids is 3. The quantitative estimate of drug-likeness (QED) is 0.658. The fraction of sp³-hybridized carbons (Fsp3) is 0.250. The zero-order chi connectivity index (χ0) is 21.4. The van der Waals surface area contributed by atoms with Gasteiger partial charge in [0.15, 0.2) is 6.10 Å². The van der Waals surface area contributed by atoms with Crippen molar-refractivity contribution in [1.82, 2.24) is 5.32 Å². The van der Waals surface area contributed by atoms with Gasteiger partial charge in [0.05, 0.1) is 12.3 Å². The van der Waals surface area contributed by atoms with Crippen LogP contribution in [0.25, 0.3) is 0 Å². The second-order valence-corrected chi connectivity index (χ2v) is 5.89. The van der Waals surface area contributed by atoms with E-state index in [0.29, 0.717) is 17.9 Å². The van der Waals surface area contributed by atoms with Crippen LogP contribution in [0.1, 0.15) is 24.2 Å². The first-order valence-electron chi connectivity index (χ1n) is 8.76. The van der Waals surface area contributed by atoms with E-state index in [9.17, 15) is 23.2 Å². The summed E-state index contributed by atoms with van der Waals surface area (Å²) in [5.41, 5.74) is -0.0599. The molecule has 0 aliphatic heterocycles. The number of esters is 1. The van der Waals surface area contributed by atoms with Crippen molar-refractivity contribution in [3.63, 3.8) is 0 Å². The van der Waals surface area contributed by atoms with Crippen molar-refractivity contribution in [3.05, 3.63) is 59.7 Å². The molecule has 0 aliphatic rings. The number of hydrogen-bond acceptors (Lipinski definition) is 5. The lowest BCUT2D eigenvalue weighted by atomic mass is 10.2. The van der Waals surface area contributed by atoms with Crippen LogP contribution in [0.5, 0.6) is 5.75 Å². The van der Waals surface area contributed by atoms with Crippen molar-refractivity contribution < 1.29 is 32.6 Å². The Morgan fingerprint density at radius 1 is 1.07 bits per heavy atom. The minimum Gasteiger partial charge on any atom is -0.494 e. The van der Waals surface area contributed by atoms with E-state index in [4.69, 9.17) is 9.47 Å². The number of amides is 2. The third-order valence-electron chi connectivity index (χ3n) is 3.68. The normalized spacial score (nSPS) is 11.3. The second kappa shape index (κ2) is 10.2. The van der Waals surface area contributed by atoms with Crippen molar-refractivity contribution in [1.29, 1.82) is 0 Å². The largest absolute Gasteiger partial charge is 0.494 e. The Labute approximate surface area is 166 Å². The van der Waals surface area contributed by atoms with Gasteiger partial charge in [-0.1, -0.05) is 0 Å². The minimum absolute atomic E-state index is 0.314. The topological polar surface area (TPSA) is 93.7 Å². The molecule has 0 saturated heterocycles. The van der Waals surface area contributed by atoms with E-state index in [1.165, 1.54) is 19.1 Å². The molecule has 0 fully saturated rings. The molecular weight excluding hydrogens is 386 g/mol. The van der Waals surface area contributed by atoms with Gasteiger partial charge in [0.2, 0.25) is 0 Å². The van der Waals surface area contributed by atoms with Crippen molar-refractivity contribution in [2.75, 3.05) is 18.5 Å². The van der Waals surface area contributed by atoms with Gasteiger partial charge < -0.3 is 20.1 Å². The van der Waals surface area contributed by atoms with Gasteiger partial charge in [0, 0.05) is 11.6 Å². The molecule has 2 amide bonds. The summed E-state index contributed by atoms with van der Waals surface area (Å²) in [7, 11) is 0. The first kappa shape index (κ1) is 21.8. The predicted molar refractivity (Wildman–Crippen MR) is 100 cm³/mol. The second-order valence-electron chi connectivity index (χ2n) is 5.89. The molecule has 0 saturated carbocycles. The van der Waals surface area contributed by atoms with Crippen LogP contribution < -0.4 is 15.4 Å². The number of ether oxygens (including phenoxy) is 2. The van der Waals surface area contributed by atoms with E-state index in [1.807, 2.05) is 6.92 Å². The summed E-state index contributed by atoms with van der Waals surface area (Å²) >= 11 is 0. The highest BCUT2D eigenvalue weighted by atomic mass is 19.1. The van der Waals surface area contributed by atoms with Crippen LogP contribution in [-0.4, -0.2) is 37.0 Å². The maximum atomic E-state index is 13.6. The third-order valence-corrected chi connectivity index (χ3v) is 3.68. The molecule has 0 bridgehead atoms. The lowest BCUT2D eigenvalue weighted by Crippen LogP contribution is -2.36. The summed E-state index contributed by atoms with van der Waals surface area (Å²) in [4.78, 5) is 35.8. The number of rotatable bonds is 8. The van der Waals surface area contributed by atoms with Gasteiger partial charge in [-0.05, 0) is 50.2 Å². The zero-order valence-electron chi connectivity index (χ0n) is 15.8. The van der Waals surface area contributed by atoms with E-state index in [1.54, 1.807) is 12.1 Å². The molecule has 0 aromatic heterocycles. The predicted octanol–water partition coefficient (Wildman–Crippen LogP) is 2.66. The van der Waals surface area contributed by atoms with E-state index in [-0.39, 0.29) is 5.69 Å². The number of nitrogens with one attached hydrogen (secondary N) is 2. The Kier molecular flexibility index (Phi) is 7.64. The summed E-state index contributed by atoms with van der Waals surface area (Å²) in [5, 5.41) is 4.50. The molecule has 154 valence electrons. The fourth-order valence-corrected chi connectivity index (χ4v) is 2.24. The molecule has 0 spiro atoms. The summed E-state index contributed by atoms with van der Waals surface area (Å²) < 4.78 is 36.8. The van der Waals surface area contributed by atoms with Crippen LogP contribution in [-0.2, 0) is 14.3 Å². The van der Waals surface area contributed by atoms with Crippen LogP contribution in [0.15, 0.2) is 42.5 Å². The number of benzene rings is 2. The Morgan fingerprint density at radius 2 is 1.76 bits per heavy atom. The highest BCUT2D eigenvalue weighted by Crippen LogP contribution is 2.16. The molecular formula is C20H20F2N2O5. The molecule has 7 nitrogen and oxygen atoms in total. The molecule has 1 atom stereocenters. The van der Waals surface area contributed by atoms with Gasteiger partial charge in [0.1, 0.15) is 23.9 Å². The summed E-state index contributed by atoms with van der Waals surface area (Å²) in [6.07, 6.45) is -1.28. The summed E-state index contributed by atoms with van der Waals surface area (Å²) in [6, 6.07) is 8.88. The molecule has 0 radical (unpaired) electrons. The molecule has 2 N–H and O–H groups in total. The van der Waals surface area contributed by atoms with Crippen LogP contribution in [0.4, 0.5) is 14.5 Å². The Balaban J connectivity index is 1.82. The van der Waals surface area contributed by atoms with Gasteiger partial charge in [-0.2, -0.15) is 0 Å². The highest BCUT2D eigenvalue weighted by Gasteiger charge is 2.20. The van der Waals surface area contributed by atoms with E-state index >= 15 is 0 Å². The number of anilines is 1. The molecule has 9 heteroatoms. The summed E-state index contributed by atoms with van der Waals surface area (Å²) in [6.45, 7) is 3.12. The molecule has 0 heterocycles. The molecule has 29 heavy (non-hydrogen) atoms.